The predicted octanol–water partition coefficient (Wildman–Crippen LogP) is 1.81. The lowest BCUT2D eigenvalue weighted by atomic mass is 10.2. The molecular formula is C15H22N2O2. The van der Waals surface area contributed by atoms with Crippen LogP contribution in [0.1, 0.15) is 30.1 Å². The highest BCUT2D eigenvalue weighted by Gasteiger charge is 2.21. The monoisotopic (exact) mass is 262 g/mol. The van der Waals surface area contributed by atoms with Gasteiger partial charge in [-0.25, -0.2) is 0 Å². The van der Waals surface area contributed by atoms with E-state index in [9.17, 15) is 4.79 Å². The summed E-state index contributed by atoms with van der Waals surface area (Å²) in [7, 11) is 0. The lowest BCUT2D eigenvalue weighted by molar-refractivity contribution is 0.0954. The molecule has 1 aliphatic carbocycles. The molecule has 0 bridgehead atoms. The standard InChI is InChI=1S/C15H22N2O2/c1-2-16-9-10-17-15(18)13-5-7-14(8-6-13)19-11-12-3-4-12/h5-8,12,16H,2-4,9-11H2,1H3,(H,17,18). The first-order valence-electron chi connectivity index (χ1n) is 7.01. The van der Waals surface area contributed by atoms with Crippen molar-refractivity contribution in [2.45, 2.75) is 19.8 Å². The van der Waals surface area contributed by atoms with Gasteiger partial charge in [0.1, 0.15) is 5.75 Å². The Hall–Kier alpha value is -1.55. The molecule has 0 unspecified atom stereocenters. The van der Waals surface area contributed by atoms with Crippen LogP contribution in [0.5, 0.6) is 5.75 Å². The molecule has 2 rings (SSSR count). The highest BCUT2D eigenvalue weighted by atomic mass is 16.5. The van der Waals surface area contributed by atoms with Crippen LogP contribution in [0, 0.1) is 5.92 Å². The van der Waals surface area contributed by atoms with Gasteiger partial charge >= 0.3 is 0 Å². The van der Waals surface area contributed by atoms with Gasteiger partial charge in [0.2, 0.25) is 0 Å². The maximum Gasteiger partial charge on any atom is 0.251 e. The molecule has 104 valence electrons. The van der Waals surface area contributed by atoms with Gasteiger partial charge in [-0.2, -0.15) is 0 Å². The molecule has 2 N–H and O–H groups in total. The highest BCUT2D eigenvalue weighted by Crippen LogP contribution is 2.29. The molecule has 0 saturated heterocycles. The Morgan fingerprint density at radius 1 is 1.26 bits per heavy atom. The topological polar surface area (TPSA) is 50.4 Å². The molecule has 0 aromatic heterocycles. The highest BCUT2D eigenvalue weighted by molar-refractivity contribution is 5.94. The van der Waals surface area contributed by atoms with Crippen molar-refractivity contribution in [2.24, 2.45) is 5.92 Å². The summed E-state index contributed by atoms with van der Waals surface area (Å²) in [6, 6.07) is 7.35. The second kappa shape index (κ2) is 7.14. The normalized spacial score (nSPS) is 14.2. The molecule has 19 heavy (non-hydrogen) atoms. The van der Waals surface area contributed by atoms with E-state index in [0.717, 1.165) is 31.4 Å². The van der Waals surface area contributed by atoms with Crippen LogP contribution in [-0.4, -0.2) is 32.1 Å². The number of hydrogen-bond acceptors (Lipinski definition) is 3. The Kier molecular flexibility index (Phi) is 5.21. The molecule has 0 atom stereocenters. The maximum atomic E-state index is 11.8. The number of carbonyl (C=O) groups excluding carboxylic acids is 1. The van der Waals surface area contributed by atoms with Crippen LogP contribution < -0.4 is 15.4 Å². The summed E-state index contributed by atoms with van der Waals surface area (Å²) < 4.78 is 5.64. The minimum atomic E-state index is -0.0355. The lowest BCUT2D eigenvalue weighted by Gasteiger charge is -2.07. The SMILES string of the molecule is CCNCCNC(=O)c1ccc(OCC2CC2)cc1. The first-order valence-corrected chi connectivity index (χ1v) is 7.01. The van der Waals surface area contributed by atoms with Crippen LogP contribution >= 0.6 is 0 Å². The summed E-state index contributed by atoms with van der Waals surface area (Å²) in [6.07, 6.45) is 2.57. The predicted molar refractivity (Wildman–Crippen MR) is 75.5 cm³/mol. The van der Waals surface area contributed by atoms with E-state index in [4.69, 9.17) is 4.74 Å². The summed E-state index contributed by atoms with van der Waals surface area (Å²) in [4.78, 5) is 11.8. The summed E-state index contributed by atoms with van der Waals surface area (Å²) in [5.41, 5.74) is 0.676. The van der Waals surface area contributed by atoms with Gasteiger partial charge in [0, 0.05) is 18.7 Å². The number of hydrogen-bond donors (Lipinski definition) is 2. The Morgan fingerprint density at radius 2 is 2.00 bits per heavy atom. The van der Waals surface area contributed by atoms with Gasteiger partial charge in [-0.05, 0) is 49.6 Å². The third-order valence-electron chi connectivity index (χ3n) is 3.14. The van der Waals surface area contributed by atoms with Crippen LogP contribution in [0.15, 0.2) is 24.3 Å². The van der Waals surface area contributed by atoms with Crippen LogP contribution in [0.2, 0.25) is 0 Å². The third kappa shape index (κ3) is 4.91. The quantitative estimate of drug-likeness (QED) is 0.703. The largest absolute Gasteiger partial charge is 0.493 e. The molecule has 1 aromatic carbocycles. The van der Waals surface area contributed by atoms with E-state index < -0.39 is 0 Å². The van der Waals surface area contributed by atoms with Crippen molar-refractivity contribution in [3.63, 3.8) is 0 Å². The van der Waals surface area contributed by atoms with Crippen molar-refractivity contribution in [3.05, 3.63) is 29.8 Å². The minimum Gasteiger partial charge on any atom is -0.493 e. The van der Waals surface area contributed by atoms with E-state index in [0.29, 0.717) is 12.1 Å². The number of nitrogens with one attached hydrogen (secondary N) is 2. The smallest absolute Gasteiger partial charge is 0.251 e. The second-order valence-corrected chi connectivity index (χ2v) is 4.89. The number of benzene rings is 1. The van der Waals surface area contributed by atoms with Gasteiger partial charge in [0.25, 0.3) is 5.91 Å². The first kappa shape index (κ1) is 13.9. The van der Waals surface area contributed by atoms with Gasteiger partial charge < -0.3 is 15.4 Å². The fourth-order valence-corrected chi connectivity index (χ4v) is 1.74. The molecule has 1 amide bonds. The molecule has 0 aliphatic heterocycles. The van der Waals surface area contributed by atoms with Gasteiger partial charge in [0.15, 0.2) is 0 Å². The minimum absolute atomic E-state index is 0.0355. The molecule has 4 heteroatoms. The average Bonchev–Trinajstić information content (AvgIpc) is 3.26. The van der Waals surface area contributed by atoms with Crippen molar-refractivity contribution >= 4 is 5.91 Å². The van der Waals surface area contributed by atoms with Crippen LogP contribution in [0.4, 0.5) is 0 Å². The molecule has 1 aliphatic rings. The van der Waals surface area contributed by atoms with E-state index in [-0.39, 0.29) is 5.91 Å². The number of amides is 1. The van der Waals surface area contributed by atoms with Crippen molar-refractivity contribution < 1.29 is 9.53 Å². The summed E-state index contributed by atoms with van der Waals surface area (Å²) in [5.74, 6) is 1.55. The van der Waals surface area contributed by atoms with E-state index in [2.05, 4.69) is 10.6 Å². The molecule has 1 fully saturated rings. The van der Waals surface area contributed by atoms with Crippen molar-refractivity contribution in [1.29, 1.82) is 0 Å². The van der Waals surface area contributed by atoms with Crippen LogP contribution in [-0.2, 0) is 0 Å². The van der Waals surface area contributed by atoms with Crippen molar-refractivity contribution in [1.82, 2.24) is 10.6 Å². The molecule has 0 heterocycles. The van der Waals surface area contributed by atoms with E-state index in [1.807, 2.05) is 31.2 Å². The van der Waals surface area contributed by atoms with Gasteiger partial charge in [-0.1, -0.05) is 6.92 Å². The zero-order valence-corrected chi connectivity index (χ0v) is 11.4. The Balaban J connectivity index is 1.74. The molecular weight excluding hydrogens is 240 g/mol. The van der Waals surface area contributed by atoms with Crippen LogP contribution in [0.3, 0.4) is 0 Å². The fourth-order valence-electron chi connectivity index (χ4n) is 1.74. The summed E-state index contributed by atoms with van der Waals surface area (Å²) in [5, 5.41) is 6.03. The number of ether oxygens (including phenoxy) is 1. The second-order valence-electron chi connectivity index (χ2n) is 4.89. The molecule has 4 nitrogen and oxygen atoms in total. The van der Waals surface area contributed by atoms with Gasteiger partial charge in [-0.3, -0.25) is 4.79 Å². The number of carbonyl (C=O) groups is 1. The van der Waals surface area contributed by atoms with Crippen molar-refractivity contribution in [3.8, 4) is 5.75 Å². The van der Waals surface area contributed by atoms with E-state index >= 15 is 0 Å². The van der Waals surface area contributed by atoms with Crippen LogP contribution in [0.25, 0.3) is 0 Å². The lowest BCUT2D eigenvalue weighted by Crippen LogP contribution is -2.31. The maximum absolute atomic E-state index is 11.8. The zero-order valence-electron chi connectivity index (χ0n) is 11.4. The number of rotatable bonds is 8. The first-order chi connectivity index (χ1) is 9.29. The molecule has 0 spiro atoms. The van der Waals surface area contributed by atoms with E-state index in [1.54, 1.807) is 0 Å². The molecule has 0 radical (unpaired) electrons. The number of likely N-dealkylation sites (N-methyl/N-ethyl adjacent to an activating group) is 1. The Labute approximate surface area is 114 Å². The Morgan fingerprint density at radius 3 is 2.63 bits per heavy atom. The molecule has 1 aromatic rings. The van der Waals surface area contributed by atoms with Gasteiger partial charge in [0.05, 0.1) is 6.61 Å². The fraction of sp³-hybridized carbons (Fsp3) is 0.533. The summed E-state index contributed by atoms with van der Waals surface area (Å²) in [6.45, 7) is 5.21. The average molecular weight is 262 g/mol. The Bertz CT molecular complexity index is 399. The van der Waals surface area contributed by atoms with Gasteiger partial charge in [-0.15, -0.1) is 0 Å². The van der Waals surface area contributed by atoms with E-state index in [1.165, 1.54) is 12.8 Å². The zero-order chi connectivity index (χ0) is 13.5. The van der Waals surface area contributed by atoms with Crippen molar-refractivity contribution in [2.75, 3.05) is 26.2 Å². The summed E-state index contributed by atoms with van der Waals surface area (Å²) >= 11 is 0. The third-order valence-corrected chi connectivity index (χ3v) is 3.14. The molecule has 1 saturated carbocycles.